The molecule has 1 amide bonds. The molecule has 1 N–H and O–H groups in total. The Morgan fingerprint density at radius 3 is 2.29 bits per heavy atom. The van der Waals surface area contributed by atoms with Crippen molar-refractivity contribution in [3.63, 3.8) is 0 Å². The zero-order valence-corrected chi connectivity index (χ0v) is 20.3. The van der Waals surface area contributed by atoms with Crippen LogP contribution in [0.1, 0.15) is 24.5 Å². The van der Waals surface area contributed by atoms with Crippen LogP contribution in [0.25, 0.3) is 0 Å². The lowest BCUT2D eigenvalue weighted by Gasteiger charge is -2.23. The lowest BCUT2D eigenvalue weighted by atomic mass is 10.1. The number of rotatable bonds is 9. The monoisotopic (exact) mass is 521 g/mol. The van der Waals surface area contributed by atoms with E-state index in [0.717, 1.165) is 12.3 Å². The van der Waals surface area contributed by atoms with Gasteiger partial charge in [0.05, 0.1) is 42.5 Å². The number of halogens is 4. The number of sulfonamides is 1. The number of ether oxygens (including phenoxy) is 2. The van der Waals surface area contributed by atoms with E-state index >= 15 is 0 Å². The van der Waals surface area contributed by atoms with Crippen LogP contribution in [0.2, 0.25) is 5.02 Å². The quantitative estimate of drug-likeness (QED) is 0.396. The van der Waals surface area contributed by atoms with Crippen LogP contribution in [-0.4, -0.2) is 47.1 Å². The fourth-order valence-electron chi connectivity index (χ4n) is 2.92. The Morgan fingerprint density at radius 2 is 1.76 bits per heavy atom. The second-order valence-electron chi connectivity index (χ2n) is 6.95. The van der Waals surface area contributed by atoms with E-state index in [1.54, 1.807) is 25.1 Å². The van der Waals surface area contributed by atoms with Crippen molar-refractivity contribution in [2.75, 3.05) is 31.3 Å². The SMILES string of the molecule is CC/C(=N/NC(=O)CN(c1cc(C(F)(F)F)ccc1Cl)S(C)(=O)=O)c1ccc(OC)c(OC)c1. The normalized spacial score (nSPS) is 12.3. The van der Waals surface area contributed by atoms with Crippen LogP contribution in [0.15, 0.2) is 41.5 Å². The number of carbonyl (C=O) groups excluding carboxylic acids is 1. The van der Waals surface area contributed by atoms with E-state index in [1.807, 2.05) is 0 Å². The molecule has 0 radical (unpaired) electrons. The van der Waals surface area contributed by atoms with Gasteiger partial charge in [-0.1, -0.05) is 18.5 Å². The van der Waals surface area contributed by atoms with Crippen LogP contribution in [0.5, 0.6) is 11.5 Å². The summed E-state index contributed by atoms with van der Waals surface area (Å²) in [4.78, 5) is 12.5. The largest absolute Gasteiger partial charge is 0.493 e. The Bertz CT molecular complexity index is 1190. The van der Waals surface area contributed by atoms with Crippen molar-refractivity contribution in [1.82, 2.24) is 5.43 Å². The van der Waals surface area contributed by atoms with Crippen molar-refractivity contribution in [3.8, 4) is 11.5 Å². The van der Waals surface area contributed by atoms with Crippen LogP contribution in [0, 0.1) is 0 Å². The number of amides is 1. The summed E-state index contributed by atoms with van der Waals surface area (Å²) < 4.78 is 74.8. The molecule has 0 saturated carbocycles. The van der Waals surface area contributed by atoms with Crippen molar-refractivity contribution in [3.05, 3.63) is 52.5 Å². The van der Waals surface area contributed by atoms with Crippen LogP contribution in [0.4, 0.5) is 18.9 Å². The Labute approximate surface area is 200 Å². The molecule has 8 nitrogen and oxygen atoms in total. The maximum atomic E-state index is 13.1. The highest BCUT2D eigenvalue weighted by atomic mass is 35.5. The number of hydrogen-bond acceptors (Lipinski definition) is 6. The van der Waals surface area contributed by atoms with Crippen molar-refractivity contribution in [1.29, 1.82) is 0 Å². The lowest BCUT2D eigenvalue weighted by molar-refractivity contribution is -0.137. The van der Waals surface area contributed by atoms with E-state index in [2.05, 4.69) is 10.5 Å². The third kappa shape index (κ3) is 6.76. The first-order valence-electron chi connectivity index (χ1n) is 9.74. The number of alkyl halides is 3. The average molecular weight is 522 g/mol. The molecule has 0 aliphatic carbocycles. The molecule has 0 heterocycles. The molecule has 13 heteroatoms. The summed E-state index contributed by atoms with van der Waals surface area (Å²) in [6, 6.07) is 7.20. The fourth-order valence-corrected chi connectivity index (χ4v) is 4.05. The molecule has 0 aliphatic heterocycles. The Hall–Kier alpha value is -2.99. The summed E-state index contributed by atoms with van der Waals surface area (Å²) in [7, 11) is -1.22. The third-order valence-electron chi connectivity index (χ3n) is 4.60. The first-order valence-corrected chi connectivity index (χ1v) is 12.0. The molecule has 0 atom stereocenters. The summed E-state index contributed by atoms with van der Waals surface area (Å²) in [5.41, 5.74) is 1.71. The third-order valence-corrected chi connectivity index (χ3v) is 6.04. The summed E-state index contributed by atoms with van der Waals surface area (Å²) in [6.07, 6.45) is -3.59. The number of nitrogens with one attached hydrogen (secondary N) is 1. The van der Waals surface area contributed by atoms with Gasteiger partial charge in [0.2, 0.25) is 10.0 Å². The second-order valence-corrected chi connectivity index (χ2v) is 9.26. The Morgan fingerprint density at radius 1 is 1.12 bits per heavy atom. The molecule has 0 spiro atoms. The van der Waals surface area contributed by atoms with Gasteiger partial charge in [-0.05, 0) is 42.8 Å². The number of anilines is 1. The number of benzene rings is 2. The number of nitrogens with zero attached hydrogens (tertiary/aromatic N) is 2. The molecule has 0 unspecified atom stereocenters. The molecule has 2 aromatic carbocycles. The summed E-state index contributed by atoms with van der Waals surface area (Å²) in [5.74, 6) is 0.0488. The minimum absolute atomic E-state index is 0.269. The predicted molar refractivity (Wildman–Crippen MR) is 123 cm³/mol. The first kappa shape index (κ1) is 27.3. The van der Waals surface area contributed by atoms with E-state index in [1.165, 1.54) is 14.2 Å². The number of methoxy groups -OCH3 is 2. The topological polar surface area (TPSA) is 97.3 Å². The van der Waals surface area contributed by atoms with E-state index < -0.39 is 39.9 Å². The summed E-state index contributed by atoms with van der Waals surface area (Å²) >= 11 is 5.96. The highest BCUT2D eigenvalue weighted by molar-refractivity contribution is 7.92. The van der Waals surface area contributed by atoms with Gasteiger partial charge in [0.1, 0.15) is 6.54 Å². The van der Waals surface area contributed by atoms with Gasteiger partial charge in [-0.3, -0.25) is 9.10 Å². The second kappa shape index (κ2) is 11.0. The zero-order valence-electron chi connectivity index (χ0n) is 18.7. The summed E-state index contributed by atoms with van der Waals surface area (Å²) in [5, 5.41) is 3.77. The molecule has 0 bridgehead atoms. The maximum Gasteiger partial charge on any atom is 0.416 e. The molecular formula is C21H23ClF3N3O5S. The fraction of sp³-hybridized carbons (Fsp3) is 0.333. The molecule has 34 heavy (non-hydrogen) atoms. The van der Waals surface area contributed by atoms with E-state index in [4.69, 9.17) is 21.1 Å². The van der Waals surface area contributed by atoms with E-state index in [-0.39, 0.29) is 5.02 Å². The lowest BCUT2D eigenvalue weighted by Crippen LogP contribution is -2.39. The van der Waals surface area contributed by atoms with Gasteiger partial charge in [-0.25, -0.2) is 13.8 Å². The minimum atomic E-state index is -4.73. The highest BCUT2D eigenvalue weighted by Gasteiger charge is 2.33. The van der Waals surface area contributed by atoms with Crippen LogP contribution in [0.3, 0.4) is 0 Å². The van der Waals surface area contributed by atoms with Gasteiger partial charge >= 0.3 is 6.18 Å². The van der Waals surface area contributed by atoms with Crippen LogP contribution < -0.4 is 19.2 Å². The van der Waals surface area contributed by atoms with E-state index in [0.29, 0.717) is 45.6 Å². The molecule has 0 aromatic heterocycles. The van der Waals surface area contributed by atoms with Crippen LogP contribution >= 0.6 is 11.6 Å². The van der Waals surface area contributed by atoms with Gasteiger partial charge in [0, 0.05) is 5.56 Å². The predicted octanol–water partition coefficient (Wildman–Crippen LogP) is 4.07. The first-order chi connectivity index (χ1) is 15.8. The van der Waals surface area contributed by atoms with Gasteiger partial charge < -0.3 is 9.47 Å². The van der Waals surface area contributed by atoms with Gasteiger partial charge in [0.15, 0.2) is 11.5 Å². The molecule has 186 valence electrons. The Balaban J connectivity index is 2.32. The number of hydrogen-bond donors (Lipinski definition) is 1. The van der Waals surface area contributed by atoms with Crippen molar-refractivity contribution >= 4 is 38.9 Å². The molecular weight excluding hydrogens is 499 g/mol. The maximum absolute atomic E-state index is 13.1. The van der Waals surface area contributed by atoms with E-state index in [9.17, 15) is 26.4 Å². The molecule has 2 aromatic rings. The minimum Gasteiger partial charge on any atom is -0.493 e. The van der Waals surface area contributed by atoms with Gasteiger partial charge in [-0.2, -0.15) is 18.3 Å². The Kier molecular flexibility index (Phi) is 8.78. The number of carbonyl (C=O) groups is 1. The number of hydrazone groups is 1. The van der Waals surface area contributed by atoms with Crippen molar-refractivity contribution in [2.45, 2.75) is 19.5 Å². The van der Waals surface area contributed by atoms with Crippen molar-refractivity contribution in [2.24, 2.45) is 5.10 Å². The molecule has 0 saturated heterocycles. The molecule has 2 rings (SSSR count). The van der Waals surface area contributed by atoms with Crippen LogP contribution in [-0.2, 0) is 21.0 Å². The van der Waals surface area contributed by atoms with Gasteiger partial charge in [-0.15, -0.1) is 0 Å². The van der Waals surface area contributed by atoms with Crippen molar-refractivity contribution < 1.29 is 35.9 Å². The average Bonchev–Trinajstić information content (AvgIpc) is 2.76. The summed E-state index contributed by atoms with van der Waals surface area (Å²) in [6.45, 7) is 0.944. The zero-order chi connectivity index (χ0) is 25.7. The molecule has 0 fully saturated rings. The van der Waals surface area contributed by atoms with Gasteiger partial charge in [0.25, 0.3) is 5.91 Å². The smallest absolute Gasteiger partial charge is 0.416 e. The highest BCUT2D eigenvalue weighted by Crippen LogP contribution is 2.36. The molecule has 0 aliphatic rings. The standard InChI is InChI=1S/C21H23ClF3N3O5S/c1-5-16(13-6-9-18(32-2)19(10-13)33-3)26-27-20(29)12-28(34(4,30)31)17-11-14(21(23,24)25)7-8-15(17)22/h6-11H,5,12H2,1-4H3,(H,27,29)/b26-16-.